The van der Waals surface area contributed by atoms with Crippen LogP contribution in [-0.4, -0.2) is 26.2 Å². The molecule has 0 aliphatic carbocycles. The summed E-state index contributed by atoms with van der Waals surface area (Å²) in [6.45, 7) is 5.71. The first-order chi connectivity index (χ1) is 5.72. The summed E-state index contributed by atoms with van der Waals surface area (Å²) in [6, 6.07) is 0. The van der Waals surface area contributed by atoms with E-state index < -0.39 is 0 Å². The maximum absolute atomic E-state index is 10.9. The molecule has 0 saturated carbocycles. The molecule has 1 atom stereocenters. The smallest absolute Gasteiger partial charge is 0.309 e. The molecule has 0 radical (unpaired) electrons. The highest BCUT2D eigenvalue weighted by Crippen LogP contribution is 1.95. The van der Waals surface area contributed by atoms with Crippen molar-refractivity contribution < 1.29 is 9.53 Å². The van der Waals surface area contributed by atoms with Gasteiger partial charge in [0.1, 0.15) is 0 Å². The fourth-order valence-electron chi connectivity index (χ4n) is 0.905. The van der Waals surface area contributed by atoms with Crippen LogP contribution in [0.15, 0.2) is 0 Å². The molecule has 0 aliphatic heterocycles. The van der Waals surface area contributed by atoms with Gasteiger partial charge in [-0.25, -0.2) is 0 Å². The van der Waals surface area contributed by atoms with Crippen molar-refractivity contribution >= 4 is 5.97 Å². The number of ether oxygens (including phenoxy) is 1. The lowest BCUT2D eigenvalue weighted by Gasteiger charge is -2.09. The topological polar surface area (TPSA) is 38.3 Å². The first-order valence-corrected chi connectivity index (χ1v) is 4.50. The normalized spacial score (nSPS) is 12.6. The van der Waals surface area contributed by atoms with Crippen molar-refractivity contribution in [3.05, 3.63) is 0 Å². The first-order valence-electron chi connectivity index (χ1n) is 4.50. The zero-order chi connectivity index (χ0) is 9.40. The summed E-state index contributed by atoms with van der Waals surface area (Å²) in [6.07, 6.45) is 2.34. The number of hydrogen-bond donors (Lipinski definition) is 1. The Morgan fingerprint density at radius 1 is 1.58 bits per heavy atom. The molecule has 0 aliphatic rings. The molecule has 0 aromatic carbocycles. The molecule has 72 valence electrons. The van der Waals surface area contributed by atoms with Crippen molar-refractivity contribution in [2.45, 2.75) is 26.7 Å². The number of unbranched alkanes of at least 4 members (excludes halogenated alkanes) is 1. The van der Waals surface area contributed by atoms with Gasteiger partial charge in [-0.3, -0.25) is 4.79 Å². The third kappa shape index (κ3) is 5.13. The van der Waals surface area contributed by atoms with Gasteiger partial charge >= 0.3 is 5.97 Å². The van der Waals surface area contributed by atoms with E-state index in [1.54, 1.807) is 0 Å². The molecule has 1 N–H and O–H groups in total. The van der Waals surface area contributed by atoms with Gasteiger partial charge in [-0.1, -0.05) is 20.3 Å². The van der Waals surface area contributed by atoms with E-state index in [1.807, 2.05) is 6.92 Å². The Hall–Kier alpha value is -0.570. The Morgan fingerprint density at radius 2 is 2.25 bits per heavy atom. The first kappa shape index (κ1) is 11.4. The van der Waals surface area contributed by atoms with E-state index in [2.05, 4.69) is 17.0 Å². The quantitative estimate of drug-likeness (QED) is 0.484. The van der Waals surface area contributed by atoms with E-state index in [-0.39, 0.29) is 11.9 Å². The summed E-state index contributed by atoms with van der Waals surface area (Å²) < 4.78 is 4.59. The van der Waals surface area contributed by atoms with Gasteiger partial charge in [-0.05, 0) is 13.0 Å². The standard InChI is InChI=1S/C9H19NO2/c1-4-5-6-10-7-8(2)9(11)12-3/h8,10H,4-7H2,1-3H3/t8-/m1/s1. The monoisotopic (exact) mass is 173 g/mol. The second kappa shape index (κ2) is 7.10. The van der Waals surface area contributed by atoms with Gasteiger partial charge in [0.2, 0.25) is 0 Å². The van der Waals surface area contributed by atoms with Crippen LogP contribution < -0.4 is 5.32 Å². The van der Waals surface area contributed by atoms with Crippen LogP contribution in [0.3, 0.4) is 0 Å². The van der Waals surface area contributed by atoms with Crippen LogP contribution in [0.5, 0.6) is 0 Å². The van der Waals surface area contributed by atoms with Crippen molar-refractivity contribution in [2.24, 2.45) is 5.92 Å². The van der Waals surface area contributed by atoms with Gasteiger partial charge < -0.3 is 10.1 Å². The minimum atomic E-state index is -0.140. The Kier molecular flexibility index (Phi) is 6.76. The maximum atomic E-state index is 10.9. The Labute approximate surface area is 74.5 Å². The highest BCUT2D eigenvalue weighted by molar-refractivity contribution is 5.71. The van der Waals surface area contributed by atoms with Crippen molar-refractivity contribution in [3.8, 4) is 0 Å². The average Bonchev–Trinajstić information content (AvgIpc) is 2.10. The summed E-state index contributed by atoms with van der Waals surface area (Å²) in [4.78, 5) is 10.9. The van der Waals surface area contributed by atoms with Crippen molar-refractivity contribution in [1.82, 2.24) is 5.32 Å². The number of rotatable bonds is 6. The third-order valence-corrected chi connectivity index (χ3v) is 1.76. The molecule has 3 heteroatoms. The van der Waals surface area contributed by atoms with Crippen molar-refractivity contribution in [2.75, 3.05) is 20.2 Å². The molecule has 0 amide bonds. The van der Waals surface area contributed by atoms with Crippen molar-refractivity contribution in [3.63, 3.8) is 0 Å². The van der Waals surface area contributed by atoms with E-state index in [0.717, 1.165) is 13.0 Å². The van der Waals surface area contributed by atoms with Gasteiger partial charge in [-0.2, -0.15) is 0 Å². The molecular formula is C9H19NO2. The van der Waals surface area contributed by atoms with Crippen LogP contribution in [-0.2, 0) is 9.53 Å². The Balaban J connectivity index is 3.31. The lowest BCUT2D eigenvalue weighted by molar-refractivity contribution is -0.144. The van der Waals surface area contributed by atoms with E-state index >= 15 is 0 Å². The van der Waals surface area contributed by atoms with Crippen LogP contribution in [0, 0.1) is 5.92 Å². The fourth-order valence-corrected chi connectivity index (χ4v) is 0.905. The summed E-state index contributed by atoms with van der Waals surface area (Å²) in [5, 5.41) is 3.20. The van der Waals surface area contributed by atoms with E-state index in [1.165, 1.54) is 13.5 Å². The Bertz CT molecular complexity index is 126. The van der Waals surface area contributed by atoms with Gasteiger partial charge in [0.05, 0.1) is 13.0 Å². The molecule has 12 heavy (non-hydrogen) atoms. The number of carbonyl (C=O) groups excluding carboxylic acids is 1. The van der Waals surface area contributed by atoms with Gasteiger partial charge in [0.15, 0.2) is 0 Å². The fraction of sp³-hybridized carbons (Fsp3) is 0.889. The van der Waals surface area contributed by atoms with Crippen LogP contribution in [0.1, 0.15) is 26.7 Å². The van der Waals surface area contributed by atoms with Crippen molar-refractivity contribution in [1.29, 1.82) is 0 Å². The zero-order valence-electron chi connectivity index (χ0n) is 8.22. The number of hydrogen-bond acceptors (Lipinski definition) is 3. The lowest BCUT2D eigenvalue weighted by Crippen LogP contribution is -2.27. The highest BCUT2D eigenvalue weighted by Gasteiger charge is 2.11. The molecule has 0 fully saturated rings. The molecule has 0 spiro atoms. The summed E-state index contributed by atoms with van der Waals surface area (Å²) in [5.74, 6) is -0.175. The van der Waals surface area contributed by atoms with Crippen LogP contribution >= 0.6 is 0 Å². The van der Waals surface area contributed by atoms with E-state index in [9.17, 15) is 4.79 Å². The van der Waals surface area contributed by atoms with E-state index in [4.69, 9.17) is 0 Å². The molecular weight excluding hydrogens is 154 g/mol. The number of carbonyl (C=O) groups is 1. The van der Waals surface area contributed by atoms with E-state index in [0.29, 0.717) is 6.54 Å². The minimum Gasteiger partial charge on any atom is -0.469 e. The largest absolute Gasteiger partial charge is 0.469 e. The molecule has 0 saturated heterocycles. The van der Waals surface area contributed by atoms with Gasteiger partial charge in [-0.15, -0.1) is 0 Å². The number of esters is 1. The summed E-state index contributed by atoms with van der Waals surface area (Å²) in [5.41, 5.74) is 0. The number of nitrogens with one attached hydrogen (secondary N) is 1. The predicted molar refractivity (Wildman–Crippen MR) is 49.0 cm³/mol. The summed E-state index contributed by atoms with van der Waals surface area (Å²) in [7, 11) is 1.42. The third-order valence-electron chi connectivity index (χ3n) is 1.76. The molecule has 0 heterocycles. The average molecular weight is 173 g/mol. The van der Waals surface area contributed by atoms with Crippen LogP contribution in [0.25, 0.3) is 0 Å². The molecule has 0 rings (SSSR count). The SMILES string of the molecule is CCCCNC[C@@H](C)C(=O)OC. The zero-order valence-corrected chi connectivity index (χ0v) is 8.22. The maximum Gasteiger partial charge on any atom is 0.309 e. The Morgan fingerprint density at radius 3 is 2.75 bits per heavy atom. The second-order valence-corrected chi connectivity index (χ2v) is 2.98. The lowest BCUT2D eigenvalue weighted by atomic mass is 10.2. The summed E-state index contributed by atoms with van der Waals surface area (Å²) >= 11 is 0. The minimum absolute atomic E-state index is 0.0353. The van der Waals surface area contributed by atoms with Gasteiger partial charge in [0.25, 0.3) is 0 Å². The molecule has 3 nitrogen and oxygen atoms in total. The van der Waals surface area contributed by atoms with Crippen LogP contribution in [0.4, 0.5) is 0 Å². The van der Waals surface area contributed by atoms with Crippen LogP contribution in [0.2, 0.25) is 0 Å². The predicted octanol–water partition coefficient (Wildman–Crippen LogP) is 1.19. The van der Waals surface area contributed by atoms with Gasteiger partial charge in [0, 0.05) is 6.54 Å². The molecule has 0 bridgehead atoms. The molecule has 0 aromatic rings. The molecule has 0 aromatic heterocycles. The molecule has 0 unspecified atom stereocenters. The number of methoxy groups -OCH3 is 1. The highest BCUT2D eigenvalue weighted by atomic mass is 16.5. The second-order valence-electron chi connectivity index (χ2n) is 2.98.